The fourth-order valence-electron chi connectivity index (χ4n) is 3.30. The van der Waals surface area contributed by atoms with Gasteiger partial charge in [-0.15, -0.1) is 0 Å². The molecule has 1 saturated heterocycles. The topological polar surface area (TPSA) is 53.6 Å². The third-order valence-corrected chi connectivity index (χ3v) is 4.82. The van der Waals surface area contributed by atoms with Crippen LogP contribution in [0.15, 0.2) is 54.6 Å². The van der Waals surface area contributed by atoms with Crippen LogP contribution in [0.1, 0.15) is 23.6 Å². The number of aryl methyl sites for hydroxylation is 1. The molecule has 1 aliphatic heterocycles. The highest BCUT2D eigenvalue weighted by molar-refractivity contribution is 5.80. The summed E-state index contributed by atoms with van der Waals surface area (Å²) >= 11 is 0. The van der Waals surface area contributed by atoms with Gasteiger partial charge in [0.1, 0.15) is 5.75 Å². The van der Waals surface area contributed by atoms with Crippen LogP contribution in [-0.4, -0.2) is 37.6 Å². The van der Waals surface area contributed by atoms with Gasteiger partial charge in [-0.3, -0.25) is 10.2 Å². The first-order chi connectivity index (χ1) is 12.7. The van der Waals surface area contributed by atoms with Crippen molar-refractivity contribution in [1.82, 2.24) is 15.8 Å². The summed E-state index contributed by atoms with van der Waals surface area (Å²) < 4.78 is 5.82. The highest BCUT2D eigenvalue weighted by atomic mass is 16.5. The zero-order valence-electron chi connectivity index (χ0n) is 15.4. The number of benzene rings is 2. The van der Waals surface area contributed by atoms with Crippen LogP contribution in [-0.2, 0) is 4.79 Å². The van der Waals surface area contributed by atoms with Crippen LogP contribution in [0.3, 0.4) is 0 Å². The molecule has 1 aliphatic rings. The second-order valence-electron chi connectivity index (χ2n) is 6.75. The molecule has 0 aliphatic carbocycles. The van der Waals surface area contributed by atoms with Crippen molar-refractivity contribution in [2.45, 2.75) is 19.4 Å². The summed E-state index contributed by atoms with van der Waals surface area (Å²) in [6, 6.07) is 18.1. The van der Waals surface area contributed by atoms with E-state index in [0.717, 1.165) is 23.3 Å². The average Bonchev–Trinajstić information content (AvgIpc) is 3.16. The molecule has 0 aromatic heterocycles. The summed E-state index contributed by atoms with van der Waals surface area (Å²) in [4.78, 5) is 14.7. The molecule has 26 heavy (non-hydrogen) atoms. The van der Waals surface area contributed by atoms with Gasteiger partial charge in [-0.1, -0.05) is 48.5 Å². The fraction of sp³-hybridized carbons (Fsp3) is 0.381. The minimum absolute atomic E-state index is 0.00867. The summed E-state index contributed by atoms with van der Waals surface area (Å²) in [5, 5.41) is 0. The number of carbonyl (C=O) groups excluding carboxylic acids is 1. The first kappa shape index (κ1) is 18.4. The Labute approximate surface area is 155 Å². The number of hydrogen-bond acceptors (Lipinski definition) is 4. The van der Waals surface area contributed by atoms with Crippen LogP contribution in [0.2, 0.25) is 0 Å². The number of amides is 1. The Bertz CT molecular complexity index is 720. The van der Waals surface area contributed by atoms with E-state index in [1.807, 2.05) is 61.3 Å². The number of nitrogens with one attached hydrogen (secondary N) is 2. The van der Waals surface area contributed by atoms with Crippen LogP contribution in [0.5, 0.6) is 5.75 Å². The second-order valence-corrected chi connectivity index (χ2v) is 6.75. The minimum Gasteiger partial charge on any atom is -0.493 e. The van der Waals surface area contributed by atoms with Crippen molar-refractivity contribution in [3.05, 3.63) is 65.7 Å². The Morgan fingerprint density at radius 2 is 1.88 bits per heavy atom. The van der Waals surface area contributed by atoms with E-state index in [0.29, 0.717) is 19.7 Å². The van der Waals surface area contributed by atoms with Gasteiger partial charge in [0.25, 0.3) is 0 Å². The minimum atomic E-state index is -0.0975. The molecule has 2 aromatic carbocycles. The molecule has 1 amide bonds. The zero-order chi connectivity index (χ0) is 18.4. The number of hydrogen-bond donors (Lipinski definition) is 2. The summed E-state index contributed by atoms with van der Waals surface area (Å²) in [5.74, 6) is 0.974. The SMILES string of the molecule is Cc1ccccc1OCCCN(C)C(=O)C1CNNC1c1ccccc1. The van der Waals surface area contributed by atoms with Crippen molar-refractivity contribution in [2.24, 2.45) is 5.92 Å². The molecule has 1 heterocycles. The Morgan fingerprint density at radius 1 is 1.15 bits per heavy atom. The van der Waals surface area contributed by atoms with Crippen LogP contribution in [0.25, 0.3) is 0 Å². The van der Waals surface area contributed by atoms with Gasteiger partial charge >= 0.3 is 0 Å². The fourth-order valence-corrected chi connectivity index (χ4v) is 3.30. The molecule has 5 nitrogen and oxygen atoms in total. The van der Waals surface area contributed by atoms with E-state index in [-0.39, 0.29) is 17.9 Å². The van der Waals surface area contributed by atoms with E-state index >= 15 is 0 Å². The van der Waals surface area contributed by atoms with Crippen LogP contribution < -0.4 is 15.6 Å². The third kappa shape index (κ3) is 4.42. The van der Waals surface area contributed by atoms with Crippen molar-refractivity contribution in [1.29, 1.82) is 0 Å². The number of hydrazine groups is 1. The second kappa shape index (κ2) is 8.83. The first-order valence-corrected chi connectivity index (χ1v) is 9.13. The maximum atomic E-state index is 12.9. The van der Waals surface area contributed by atoms with Crippen molar-refractivity contribution in [2.75, 3.05) is 26.7 Å². The third-order valence-electron chi connectivity index (χ3n) is 4.82. The van der Waals surface area contributed by atoms with Gasteiger partial charge in [0.2, 0.25) is 5.91 Å². The van der Waals surface area contributed by atoms with Gasteiger partial charge in [0.15, 0.2) is 0 Å². The molecular weight excluding hydrogens is 326 g/mol. The van der Waals surface area contributed by atoms with Crippen molar-refractivity contribution >= 4 is 5.91 Å². The molecule has 5 heteroatoms. The smallest absolute Gasteiger partial charge is 0.228 e. The lowest BCUT2D eigenvalue weighted by molar-refractivity contribution is -0.134. The van der Waals surface area contributed by atoms with Crippen molar-refractivity contribution in [3.8, 4) is 5.75 Å². The van der Waals surface area contributed by atoms with E-state index in [4.69, 9.17) is 4.74 Å². The lowest BCUT2D eigenvalue weighted by atomic mass is 9.94. The lowest BCUT2D eigenvalue weighted by Gasteiger charge is -2.24. The molecule has 2 aromatic rings. The summed E-state index contributed by atoms with van der Waals surface area (Å²) in [6.45, 7) is 3.96. The number of nitrogens with zero attached hydrogens (tertiary/aromatic N) is 1. The summed E-state index contributed by atoms with van der Waals surface area (Å²) in [6.07, 6.45) is 0.806. The predicted molar refractivity (Wildman–Crippen MR) is 103 cm³/mol. The molecule has 138 valence electrons. The van der Waals surface area contributed by atoms with Crippen LogP contribution in [0.4, 0.5) is 0 Å². The summed E-state index contributed by atoms with van der Waals surface area (Å²) in [7, 11) is 1.87. The van der Waals surface area contributed by atoms with E-state index in [1.54, 1.807) is 0 Å². The molecule has 2 atom stereocenters. The van der Waals surface area contributed by atoms with Gasteiger partial charge in [-0.2, -0.15) is 0 Å². The Balaban J connectivity index is 1.49. The quantitative estimate of drug-likeness (QED) is 0.752. The van der Waals surface area contributed by atoms with Crippen molar-refractivity contribution in [3.63, 3.8) is 0 Å². The molecule has 2 unspecified atom stereocenters. The monoisotopic (exact) mass is 353 g/mol. The predicted octanol–water partition coefficient (Wildman–Crippen LogP) is 2.69. The van der Waals surface area contributed by atoms with E-state index in [2.05, 4.69) is 23.0 Å². The lowest BCUT2D eigenvalue weighted by Crippen LogP contribution is -2.37. The number of rotatable bonds is 7. The average molecular weight is 353 g/mol. The van der Waals surface area contributed by atoms with Crippen molar-refractivity contribution < 1.29 is 9.53 Å². The van der Waals surface area contributed by atoms with E-state index < -0.39 is 0 Å². The standard InChI is InChI=1S/C21H27N3O2/c1-16-9-6-7-12-19(16)26-14-8-13-24(2)21(25)18-15-22-23-20(18)17-10-4-3-5-11-17/h3-7,9-12,18,20,22-23H,8,13-15H2,1-2H3. The van der Waals surface area contributed by atoms with Crippen LogP contribution in [0, 0.1) is 12.8 Å². The van der Waals surface area contributed by atoms with E-state index in [9.17, 15) is 4.79 Å². The van der Waals surface area contributed by atoms with Gasteiger partial charge in [-0.25, -0.2) is 5.43 Å². The zero-order valence-corrected chi connectivity index (χ0v) is 15.4. The molecule has 2 N–H and O–H groups in total. The highest BCUT2D eigenvalue weighted by Gasteiger charge is 2.35. The Kier molecular flexibility index (Phi) is 6.26. The molecule has 3 rings (SSSR count). The molecule has 0 radical (unpaired) electrons. The highest BCUT2D eigenvalue weighted by Crippen LogP contribution is 2.26. The van der Waals surface area contributed by atoms with E-state index in [1.165, 1.54) is 0 Å². The first-order valence-electron chi connectivity index (χ1n) is 9.13. The van der Waals surface area contributed by atoms with Gasteiger partial charge in [0, 0.05) is 20.1 Å². The maximum Gasteiger partial charge on any atom is 0.228 e. The van der Waals surface area contributed by atoms with Gasteiger partial charge in [0.05, 0.1) is 18.6 Å². The molecule has 1 fully saturated rings. The maximum absolute atomic E-state index is 12.9. The largest absolute Gasteiger partial charge is 0.493 e. The number of para-hydroxylation sites is 1. The Morgan fingerprint density at radius 3 is 2.65 bits per heavy atom. The normalized spacial score (nSPS) is 19.3. The number of ether oxygens (including phenoxy) is 1. The van der Waals surface area contributed by atoms with Crippen LogP contribution >= 0.6 is 0 Å². The van der Waals surface area contributed by atoms with Gasteiger partial charge in [-0.05, 0) is 30.5 Å². The molecule has 0 bridgehead atoms. The summed E-state index contributed by atoms with van der Waals surface area (Å²) in [5.41, 5.74) is 8.62. The molecule has 0 saturated carbocycles. The van der Waals surface area contributed by atoms with Gasteiger partial charge < -0.3 is 9.64 Å². The Hall–Kier alpha value is -2.37. The number of carbonyl (C=O) groups is 1. The molecule has 0 spiro atoms. The molecular formula is C21H27N3O2.